The first-order valence-electron chi connectivity index (χ1n) is 8.61. The zero-order valence-corrected chi connectivity index (χ0v) is 16.8. The van der Waals surface area contributed by atoms with Gasteiger partial charge in [-0.3, -0.25) is 4.79 Å². The van der Waals surface area contributed by atoms with E-state index in [1.165, 1.54) is 0 Å². The first-order chi connectivity index (χ1) is 12.3. The van der Waals surface area contributed by atoms with Crippen LogP contribution in [0.4, 0.5) is 0 Å². The van der Waals surface area contributed by atoms with E-state index in [1.54, 1.807) is 0 Å². The number of ketones is 1. The van der Waals surface area contributed by atoms with Gasteiger partial charge in [0.05, 0.1) is 0 Å². The smallest absolute Gasteiger partial charge is 0.264 e. The van der Waals surface area contributed by atoms with Crippen molar-refractivity contribution < 1.29 is 9.21 Å². The first kappa shape index (κ1) is 17.2. The van der Waals surface area contributed by atoms with Crippen LogP contribution in [0.1, 0.15) is 59.3 Å². The Labute approximate surface area is 160 Å². The Bertz CT molecular complexity index is 1020. The fourth-order valence-electron chi connectivity index (χ4n) is 3.44. The third kappa shape index (κ3) is 2.82. The Kier molecular flexibility index (Phi) is 3.91. The molecule has 0 bridgehead atoms. The molecule has 1 fully saturated rings. The van der Waals surface area contributed by atoms with E-state index in [1.807, 2.05) is 38.1 Å². The Balaban J connectivity index is 1.70. The maximum absolute atomic E-state index is 13.0. The van der Waals surface area contributed by atoms with Crippen LogP contribution in [0, 0.1) is 19.3 Å². The second kappa shape index (κ2) is 5.91. The van der Waals surface area contributed by atoms with Crippen LogP contribution >= 0.6 is 15.9 Å². The average molecular weight is 414 g/mol. The van der Waals surface area contributed by atoms with Crippen molar-refractivity contribution in [3.63, 3.8) is 0 Å². The SMILES string of the molecule is Cc1[nH]c(-c2nnc(C3CC3(C)C)o2)c(C)c1C(=O)c1cccc(Br)c1. The molecule has 0 amide bonds. The van der Waals surface area contributed by atoms with E-state index in [4.69, 9.17) is 4.42 Å². The number of carbonyl (C=O) groups excluding carboxylic acids is 1. The summed E-state index contributed by atoms with van der Waals surface area (Å²) in [6, 6.07) is 7.40. The van der Waals surface area contributed by atoms with Gasteiger partial charge in [0, 0.05) is 27.2 Å². The highest BCUT2D eigenvalue weighted by atomic mass is 79.9. The van der Waals surface area contributed by atoms with Crippen LogP contribution in [0.2, 0.25) is 0 Å². The lowest BCUT2D eigenvalue weighted by Crippen LogP contribution is -2.03. The molecular formula is C20H20BrN3O2. The third-order valence-corrected chi connectivity index (χ3v) is 5.71. The molecule has 1 aromatic carbocycles. The standard InChI is InChI=1S/C20H20BrN3O2/c1-10-15(17(25)12-6-5-7-13(21)8-12)11(2)22-16(10)19-24-23-18(26-19)14-9-20(14,3)4/h5-8,14,22H,9H2,1-4H3. The van der Waals surface area contributed by atoms with Gasteiger partial charge < -0.3 is 9.40 Å². The molecule has 0 aliphatic heterocycles. The molecule has 26 heavy (non-hydrogen) atoms. The minimum Gasteiger partial charge on any atom is -0.419 e. The summed E-state index contributed by atoms with van der Waals surface area (Å²) in [5.41, 5.74) is 3.88. The number of benzene rings is 1. The molecular weight excluding hydrogens is 394 g/mol. The molecule has 4 rings (SSSR count). The van der Waals surface area contributed by atoms with Gasteiger partial charge >= 0.3 is 0 Å². The van der Waals surface area contributed by atoms with Gasteiger partial charge in [0.2, 0.25) is 5.89 Å². The van der Waals surface area contributed by atoms with Crippen LogP contribution in [0.25, 0.3) is 11.6 Å². The van der Waals surface area contributed by atoms with E-state index in [2.05, 4.69) is 45.0 Å². The second-order valence-corrected chi connectivity index (χ2v) is 8.57. The van der Waals surface area contributed by atoms with Crippen molar-refractivity contribution >= 4 is 21.7 Å². The van der Waals surface area contributed by atoms with E-state index in [-0.39, 0.29) is 11.2 Å². The summed E-state index contributed by atoms with van der Waals surface area (Å²) in [4.78, 5) is 16.2. The zero-order chi connectivity index (χ0) is 18.6. The van der Waals surface area contributed by atoms with E-state index in [0.717, 1.165) is 27.8 Å². The molecule has 1 atom stereocenters. The predicted octanol–water partition coefficient (Wildman–Crippen LogP) is 5.19. The molecule has 1 aliphatic rings. The van der Waals surface area contributed by atoms with Crippen LogP contribution in [0.3, 0.4) is 0 Å². The number of aromatic amines is 1. The molecule has 0 radical (unpaired) electrons. The molecule has 3 aromatic rings. The maximum atomic E-state index is 13.0. The quantitative estimate of drug-likeness (QED) is 0.597. The van der Waals surface area contributed by atoms with Gasteiger partial charge in [0.25, 0.3) is 5.89 Å². The summed E-state index contributed by atoms with van der Waals surface area (Å²) < 4.78 is 6.79. The molecule has 0 spiro atoms. The van der Waals surface area contributed by atoms with Crippen molar-refractivity contribution in [3.05, 3.63) is 57.0 Å². The number of aromatic nitrogens is 3. The molecule has 2 heterocycles. The predicted molar refractivity (Wildman–Crippen MR) is 102 cm³/mol. The van der Waals surface area contributed by atoms with Crippen molar-refractivity contribution in [2.75, 3.05) is 0 Å². The fraction of sp³-hybridized carbons (Fsp3) is 0.350. The topological polar surface area (TPSA) is 71.8 Å². The maximum Gasteiger partial charge on any atom is 0.264 e. The normalized spacial score (nSPS) is 18.1. The number of hydrogen-bond acceptors (Lipinski definition) is 4. The van der Waals surface area contributed by atoms with Gasteiger partial charge in [-0.1, -0.05) is 41.9 Å². The number of nitrogens with one attached hydrogen (secondary N) is 1. The Hall–Kier alpha value is -2.21. The minimum absolute atomic E-state index is 0.0214. The number of rotatable bonds is 4. The van der Waals surface area contributed by atoms with Crippen molar-refractivity contribution in [3.8, 4) is 11.6 Å². The van der Waals surface area contributed by atoms with Crippen LogP contribution in [-0.4, -0.2) is 21.0 Å². The Morgan fingerprint density at radius 1 is 1.31 bits per heavy atom. The number of hydrogen-bond donors (Lipinski definition) is 1. The molecule has 1 unspecified atom stereocenters. The summed E-state index contributed by atoms with van der Waals surface area (Å²) in [6.45, 7) is 8.19. The summed E-state index contributed by atoms with van der Waals surface area (Å²) in [5.74, 6) is 1.42. The molecule has 134 valence electrons. The van der Waals surface area contributed by atoms with E-state index in [0.29, 0.717) is 28.8 Å². The monoisotopic (exact) mass is 413 g/mol. The first-order valence-corrected chi connectivity index (χ1v) is 9.40. The Morgan fingerprint density at radius 2 is 2.04 bits per heavy atom. The van der Waals surface area contributed by atoms with Gasteiger partial charge in [-0.2, -0.15) is 0 Å². The molecule has 5 nitrogen and oxygen atoms in total. The van der Waals surface area contributed by atoms with E-state index in [9.17, 15) is 4.79 Å². The lowest BCUT2D eigenvalue weighted by Gasteiger charge is -2.03. The van der Waals surface area contributed by atoms with E-state index >= 15 is 0 Å². The second-order valence-electron chi connectivity index (χ2n) is 7.66. The number of carbonyl (C=O) groups is 1. The molecule has 6 heteroatoms. The average Bonchev–Trinajstić information content (AvgIpc) is 2.93. The highest BCUT2D eigenvalue weighted by Gasteiger charge is 2.50. The molecule has 1 saturated carbocycles. The highest BCUT2D eigenvalue weighted by molar-refractivity contribution is 9.10. The molecule has 2 aromatic heterocycles. The summed E-state index contributed by atoms with van der Waals surface area (Å²) in [6.07, 6.45) is 1.06. The van der Waals surface area contributed by atoms with Gasteiger partial charge in [0.15, 0.2) is 5.78 Å². The van der Waals surface area contributed by atoms with Crippen LogP contribution in [-0.2, 0) is 0 Å². The molecule has 1 aliphatic carbocycles. The summed E-state index contributed by atoms with van der Waals surface area (Å²) in [5, 5.41) is 8.43. The summed E-state index contributed by atoms with van der Waals surface area (Å²) >= 11 is 3.42. The van der Waals surface area contributed by atoms with Crippen molar-refractivity contribution in [2.24, 2.45) is 5.41 Å². The molecule has 1 N–H and O–H groups in total. The number of aryl methyl sites for hydroxylation is 1. The van der Waals surface area contributed by atoms with Crippen LogP contribution in [0.15, 0.2) is 33.2 Å². The lowest BCUT2D eigenvalue weighted by molar-refractivity contribution is 0.103. The van der Waals surface area contributed by atoms with Gasteiger partial charge in [-0.05, 0) is 43.4 Å². The van der Waals surface area contributed by atoms with Gasteiger partial charge in [-0.15, -0.1) is 10.2 Å². The number of halogens is 1. The minimum atomic E-state index is -0.0214. The van der Waals surface area contributed by atoms with Gasteiger partial charge in [0.1, 0.15) is 5.69 Å². The number of nitrogens with zero attached hydrogens (tertiary/aromatic N) is 2. The summed E-state index contributed by atoms with van der Waals surface area (Å²) in [7, 11) is 0. The largest absolute Gasteiger partial charge is 0.419 e. The van der Waals surface area contributed by atoms with Crippen LogP contribution < -0.4 is 0 Å². The third-order valence-electron chi connectivity index (χ3n) is 5.22. The van der Waals surface area contributed by atoms with Crippen molar-refractivity contribution in [2.45, 2.75) is 40.0 Å². The highest BCUT2D eigenvalue weighted by Crippen LogP contribution is 2.58. The Morgan fingerprint density at radius 3 is 2.69 bits per heavy atom. The fourth-order valence-corrected chi connectivity index (χ4v) is 3.84. The van der Waals surface area contributed by atoms with Crippen LogP contribution in [0.5, 0.6) is 0 Å². The zero-order valence-electron chi connectivity index (χ0n) is 15.2. The van der Waals surface area contributed by atoms with Crippen molar-refractivity contribution in [1.82, 2.24) is 15.2 Å². The van der Waals surface area contributed by atoms with E-state index < -0.39 is 0 Å². The number of H-pyrrole nitrogens is 1. The van der Waals surface area contributed by atoms with Crippen molar-refractivity contribution in [1.29, 1.82) is 0 Å². The van der Waals surface area contributed by atoms with Gasteiger partial charge in [-0.25, -0.2) is 0 Å². The lowest BCUT2D eigenvalue weighted by atomic mass is 10.00. The molecule has 0 saturated heterocycles.